The summed E-state index contributed by atoms with van der Waals surface area (Å²) in [6, 6.07) is 0. The van der Waals surface area contributed by atoms with E-state index < -0.39 is 5.00 Å². The van der Waals surface area contributed by atoms with Crippen LogP contribution in [0.4, 0.5) is 0 Å². The lowest BCUT2D eigenvalue weighted by Gasteiger charge is -2.40. The van der Waals surface area contributed by atoms with E-state index in [1.54, 1.807) is 0 Å². The zero-order valence-corrected chi connectivity index (χ0v) is 9.19. The minimum absolute atomic E-state index is 0.103. The molecule has 0 amide bonds. The predicted molar refractivity (Wildman–Crippen MR) is 53.6 cm³/mol. The molecule has 0 heterocycles. The van der Waals surface area contributed by atoms with Gasteiger partial charge in [-0.2, -0.15) is 0 Å². The maximum Gasteiger partial charge on any atom is 0.181 e. The van der Waals surface area contributed by atoms with Gasteiger partial charge in [0.1, 0.15) is 0 Å². The van der Waals surface area contributed by atoms with Crippen molar-refractivity contribution in [1.82, 2.24) is 0 Å². The SMILES string of the molecule is CC1(C)C2CCC1(C)C(Cl)(N=O)C2. The zero-order chi connectivity index (χ0) is 9.91. The summed E-state index contributed by atoms with van der Waals surface area (Å²) in [6.45, 7) is 6.56. The van der Waals surface area contributed by atoms with Crippen molar-refractivity contribution in [3.8, 4) is 0 Å². The fourth-order valence-corrected chi connectivity index (χ4v) is 3.85. The van der Waals surface area contributed by atoms with Gasteiger partial charge in [-0.05, 0) is 35.8 Å². The third-order valence-corrected chi connectivity index (χ3v) is 5.58. The molecule has 0 spiro atoms. The molecule has 13 heavy (non-hydrogen) atoms. The molecule has 2 rings (SSSR count). The topological polar surface area (TPSA) is 29.4 Å². The first kappa shape index (κ1) is 9.45. The minimum atomic E-state index is -0.834. The number of fused-ring (bicyclic) bond motifs is 2. The van der Waals surface area contributed by atoms with Crippen molar-refractivity contribution >= 4 is 11.6 Å². The van der Waals surface area contributed by atoms with Crippen LogP contribution in [-0.2, 0) is 0 Å². The number of hydrogen-bond donors (Lipinski definition) is 0. The molecular formula is C10H16ClNO. The number of nitroso groups, excluding NO2 is 1. The molecule has 3 heteroatoms. The zero-order valence-electron chi connectivity index (χ0n) is 8.43. The molecule has 74 valence electrons. The highest BCUT2D eigenvalue weighted by atomic mass is 35.5. The Morgan fingerprint density at radius 3 is 2.23 bits per heavy atom. The molecule has 2 saturated carbocycles. The van der Waals surface area contributed by atoms with Crippen LogP contribution >= 0.6 is 11.6 Å². The van der Waals surface area contributed by atoms with Crippen molar-refractivity contribution < 1.29 is 0 Å². The van der Waals surface area contributed by atoms with E-state index in [1.165, 1.54) is 6.42 Å². The summed E-state index contributed by atoms with van der Waals surface area (Å²) in [6.07, 6.45) is 3.01. The predicted octanol–water partition coefficient (Wildman–Crippen LogP) is 3.53. The van der Waals surface area contributed by atoms with Gasteiger partial charge in [-0.3, -0.25) is 0 Å². The molecule has 2 aliphatic carbocycles. The molecule has 2 aliphatic rings. The molecule has 0 aromatic rings. The molecule has 3 unspecified atom stereocenters. The fourth-order valence-electron chi connectivity index (χ4n) is 3.33. The third-order valence-electron chi connectivity index (χ3n) is 4.94. The molecule has 2 bridgehead atoms. The van der Waals surface area contributed by atoms with Crippen LogP contribution in [0.1, 0.15) is 40.0 Å². The summed E-state index contributed by atoms with van der Waals surface area (Å²) in [4.78, 5) is 10.00. The molecule has 0 aromatic heterocycles. The van der Waals surface area contributed by atoms with Crippen LogP contribution in [0, 0.1) is 21.7 Å². The van der Waals surface area contributed by atoms with E-state index in [0.29, 0.717) is 5.92 Å². The van der Waals surface area contributed by atoms with Gasteiger partial charge in [0.15, 0.2) is 5.00 Å². The van der Waals surface area contributed by atoms with E-state index in [0.717, 1.165) is 12.8 Å². The summed E-state index contributed by atoms with van der Waals surface area (Å²) in [7, 11) is 0. The summed E-state index contributed by atoms with van der Waals surface area (Å²) in [5, 5.41) is 3.18. The molecule has 0 radical (unpaired) electrons. The normalized spacial score (nSPS) is 52.5. The fraction of sp³-hybridized carbons (Fsp3) is 1.00. The number of hydrogen-bond acceptors (Lipinski definition) is 2. The standard InChI is InChI=1S/C10H16ClNO/c1-8(2)7-4-5-9(8,3)10(11,6-7)12-13/h7H,4-6H2,1-3H3. The van der Waals surface area contributed by atoms with E-state index in [-0.39, 0.29) is 10.8 Å². The molecular weight excluding hydrogens is 186 g/mol. The molecule has 0 aliphatic heterocycles. The maximum atomic E-state index is 10.8. The molecule has 3 atom stereocenters. The van der Waals surface area contributed by atoms with Gasteiger partial charge in [-0.15, -0.1) is 4.91 Å². The van der Waals surface area contributed by atoms with Crippen LogP contribution in [0.2, 0.25) is 0 Å². The van der Waals surface area contributed by atoms with Gasteiger partial charge in [0.2, 0.25) is 0 Å². The first-order valence-electron chi connectivity index (χ1n) is 4.91. The third kappa shape index (κ3) is 0.810. The lowest BCUT2D eigenvalue weighted by molar-refractivity contribution is 0.121. The second-order valence-electron chi connectivity index (χ2n) is 5.34. The Morgan fingerprint density at radius 2 is 2.00 bits per heavy atom. The second kappa shape index (κ2) is 2.28. The van der Waals surface area contributed by atoms with Gasteiger partial charge in [0.05, 0.1) is 0 Å². The van der Waals surface area contributed by atoms with Crippen LogP contribution in [-0.4, -0.2) is 5.00 Å². The Kier molecular flexibility index (Phi) is 1.65. The smallest absolute Gasteiger partial charge is 0.149 e. The van der Waals surface area contributed by atoms with E-state index in [9.17, 15) is 4.91 Å². The lowest BCUT2D eigenvalue weighted by atomic mass is 9.69. The van der Waals surface area contributed by atoms with Gasteiger partial charge in [0, 0.05) is 5.41 Å². The highest BCUT2D eigenvalue weighted by Gasteiger charge is 2.69. The van der Waals surface area contributed by atoms with Gasteiger partial charge >= 0.3 is 0 Å². The highest BCUT2D eigenvalue weighted by Crippen LogP contribution is 2.71. The van der Waals surface area contributed by atoms with E-state index in [1.807, 2.05) is 0 Å². The molecule has 0 N–H and O–H groups in total. The van der Waals surface area contributed by atoms with Gasteiger partial charge in [0.25, 0.3) is 0 Å². The minimum Gasteiger partial charge on any atom is -0.149 e. The first-order valence-corrected chi connectivity index (χ1v) is 5.29. The van der Waals surface area contributed by atoms with Crippen molar-refractivity contribution in [3.63, 3.8) is 0 Å². The van der Waals surface area contributed by atoms with Crippen molar-refractivity contribution in [1.29, 1.82) is 0 Å². The molecule has 2 nitrogen and oxygen atoms in total. The van der Waals surface area contributed by atoms with Crippen LogP contribution in [0.5, 0.6) is 0 Å². The van der Waals surface area contributed by atoms with Crippen LogP contribution in [0.25, 0.3) is 0 Å². The number of rotatable bonds is 1. The first-order chi connectivity index (χ1) is 5.87. The molecule has 2 fully saturated rings. The largest absolute Gasteiger partial charge is 0.181 e. The number of alkyl halides is 1. The quantitative estimate of drug-likeness (QED) is 0.363. The van der Waals surface area contributed by atoms with Crippen LogP contribution in [0.15, 0.2) is 5.18 Å². The van der Waals surface area contributed by atoms with E-state index in [4.69, 9.17) is 11.6 Å². The maximum absolute atomic E-state index is 10.8. The Labute approximate surface area is 84.0 Å². The molecule has 0 aromatic carbocycles. The van der Waals surface area contributed by atoms with Crippen molar-refractivity contribution in [2.45, 2.75) is 45.0 Å². The molecule has 0 saturated heterocycles. The summed E-state index contributed by atoms with van der Waals surface area (Å²) in [5.41, 5.74) is 0.0661. The van der Waals surface area contributed by atoms with E-state index >= 15 is 0 Å². The van der Waals surface area contributed by atoms with Gasteiger partial charge in [-0.25, -0.2) is 0 Å². The monoisotopic (exact) mass is 201 g/mol. The van der Waals surface area contributed by atoms with Crippen molar-refractivity contribution in [2.75, 3.05) is 0 Å². The van der Waals surface area contributed by atoms with E-state index in [2.05, 4.69) is 25.9 Å². The number of nitrogens with zero attached hydrogens (tertiary/aromatic N) is 1. The van der Waals surface area contributed by atoms with Crippen LogP contribution in [0.3, 0.4) is 0 Å². The Hall–Kier alpha value is -0.110. The van der Waals surface area contributed by atoms with Crippen molar-refractivity contribution in [2.24, 2.45) is 21.9 Å². The van der Waals surface area contributed by atoms with Crippen molar-refractivity contribution in [3.05, 3.63) is 4.91 Å². The Bertz CT molecular complexity index is 266. The average Bonchev–Trinajstić information content (AvgIpc) is 2.36. The van der Waals surface area contributed by atoms with Gasteiger partial charge in [-0.1, -0.05) is 32.4 Å². The lowest BCUT2D eigenvalue weighted by Crippen LogP contribution is -2.41. The van der Waals surface area contributed by atoms with Crippen LogP contribution < -0.4 is 0 Å². The average molecular weight is 202 g/mol. The summed E-state index contributed by atoms with van der Waals surface area (Å²) >= 11 is 6.30. The van der Waals surface area contributed by atoms with Gasteiger partial charge < -0.3 is 0 Å². The Morgan fingerprint density at radius 1 is 1.38 bits per heavy atom. The summed E-state index contributed by atoms with van der Waals surface area (Å²) in [5.74, 6) is 0.577. The number of halogens is 1. The summed E-state index contributed by atoms with van der Waals surface area (Å²) < 4.78 is 0. The Balaban J connectivity index is 2.49. The second-order valence-corrected chi connectivity index (χ2v) is 5.97. The highest BCUT2D eigenvalue weighted by molar-refractivity contribution is 6.24.